The van der Waals surface area contributed by atoms with Crippen molar-refractivity contribution in [3.05, 3.63) is 0 Å². The average Bonchev–Trinajstić information content (AvgIpc) is 2.17. The molecular weight excluding hydrogens is 196 g/mol. The highest BCUT2D eigenvalue weighted by molar-refractivity contribution is 5.77. The summed E-state index contributed by atoms with van der Waals surface area (Å²) >= 11 is 0. The number of aliphatic carboxylic acids is 1. The molecule has 0 bridgehead atoms. The summed E-state index contributed by atoms with van der Waals surface area (Å²) < 4.78 is 0. The van der Waals surface area contributed by atoms with Gasteiger partial charge in [-0.2, -0.15) is 0 Å². The van der Waals surface area contributed by atoms with E-state index in [1.807, 2.05) is 6.92 Å². The number of carbonyl (C=O) groups is 2. The number of carboxylic acid groups (broad SMARTS) is 1. The van der Waals surface area contributed by atoms with Gasteiger partial charge in [-0.05, 0) is 12.8 Å². The molecule has 0 aromatic heterocycles. The lowest BCUT2D eigenvalue weighted by Gasteiger charge is -2.12. The molecule has 5 nitrogen and oxygen atoms in total. The summed E-state index contributed by atoms with van der Waals surface area (Å²) in [6.07, 6.45) is 1.51. The van der Waals surface area contributed by atoms with Gasteiger partial charge in [-0.25, -0.2) is 0 Å². The van der Waals surface area contributed by atoms with Crippen LogP contribution in [0.1, 0.15) is 33.1 Å². The topological polar surface area (TPSA) is 92.4 Å². The van der Waals surface area contributed by atoms with Crippen molar-refractivity contribution in [2.75, 3.05) is 6.54 Å². The van der Waals surface area contributed by atoms with Gasteiger partial charge in [0.1, 0.15) is 0 Å². The second-order valence-corrected chi connectivity index (χ2v) is 3.62. The van der Waals surface area contributed by atoms with Crippen molar-refractivity contribution in [3.8, 4) is 0 Å². The van der Waals surface area contributed by atoms with Crippen molar-refractivity contribution in [3.63, 3.8) is 0 Å². The van der Waals surface area contributed by atoms with Crippen LogP contribution in [0.4, 0.5) is 0 Å². The van der Waals surface area contributed by atoms with Crippen LogP contribution in [0.3, 0.4) is 0 Å². The van der Waals surface area contributed by atoms with E-state index in [1.54, 1.807) is 6.92 Å². The van der Waals surface area contributed by atoms with E-state index < -0.39 is 11.9 Å². The van der Waals surface area contributed by atoms with Crippen molar-refractivity contribution in [2.45, 2.75) is 39.2 Å². The first-order chi connectivity index (χ1) is 7.01. The highest BCUT2D eigenvalue weighted by atomic mass is 16.4. The van der Waals surface area contributed by atoms with Crippen LogP contribution in [0.15, 0.2) is 0 Å². The number of hydrogen-bond donors (Lipinski definition) is 3. The third-order valence-corrected chi connectivity index (χ3v) is 2.36. The number of carboxylic acids is 1. The van der Waals surface area contributed by atoms with Gasteiger partial charge in [0.15, 0.2) is 0 Å². The summed E-state index contributed by atoms with van der Waals surface area (Å²) in [4.78, 5) is 21.9. The van der Waals surface area contributed by atoms with Crippen LogP contribution in [0.2, 0.25) is 0 Å². The third-order valence-electron chi connectivity index (χ3n) is 2.36. The Labute approximate surface area is 90.0 Å². The van der Waals surface area contributed by atoms with Gasteiger partial charge in [-0.3, -0.25) is 9.59 Å². The quantitative estimate of drug-likeness (QED) is 0.572. The summed E-state index contributed by atoms with van der Waals surface area (Å²) in [5.74, 6) is -1.56. The van der Waals surface area contributed by atoms with E-state index in [-0.39, 0.29) is 24.9 Å². The largest absolute Gasteiger partial charge is 0.481 e. The van der Waals surface area contributed by atoms with Crippen molar-refractivity contribution in [1.29, 1.82) is 0 Å². The Morgan fingerprint density at radius 3 is 2.33 bits per heavy atom. The molecule has 4 N–H and O–H groups in total. The molecule has 2 unspecified atom stereocenters. The Bertz CT molecular complexity index is 219. The van der Waals surface area contributed by atoms with Gasteiger partial charge in [0, 0.05) is 19.0 Å². The molecule has 0 saturated heterocycles. The van der Waals surface area contributed by atoms with Crippen LogP contribution < -0.4 is 11.1 Å². The number of nitrogens with one attached hydrogen (secondary N) is 1. The van der Waals surface area contributed by atoms with E-state index in [0.717, 1.165) is 6.42 Å². The SMILES string of the molecule is CCC(N)CC(=O)NCC(CC)C(=O)O. The monoisotopic (exact) mass is 216 g/mol. The van der Waals surface area contributed by atoms with Gasteiger partial charge in [-0.15, -0.1) is 0 Å². The molecule has 0 aliphatic heterocycles. The van der Waals surface area contributed by atoms with Crippen LogP contribution >= 0.6 is 0 Å². The van der Waals surface area contributed by atoms with Gasteiger partial charge in [0.25, 0.3) is 0 Å². The molecule has 0 aromatic carbocycles. The normalized spacial score (nSPS) is 14.3. The standard InChI is InChI=1S/C10H20N2O3/c1-3-7(10(14)15)6-12-9(13)5-8(11)4-2/h7-8H,3-6,11H2,1-2H3,(H,12,13)(H,14,15). The molecule has 0 rings (SSSR count). The summed E-state index contributed by atoms with van der Waals surface area (Å²) in [7, 11) is 0. The second kappa shape index (κ2) is 7.23. The number of hydrogen-bond acceptors (Lipinski definition) is 3. The maximum Gasteiger partial charge on any atom is 0.308 e. The second-order valence-electron chi connectivity index (χ2n) is 3.62. The van der Waals surface area contributed by atoms with Gasteiger partial charge in [0.05, 0.1) is 5.92 Å². The maximum atomic E-state index is 11.3. The van der Waals surface area contributed by atoms with Crippen LogP contribution in [0, 0.1) is 5.92 Å². The average molecular weight is 216 g/mol. The van der Waals surface area contributed by atoms with Gasteiger partial charge in [0.2, 0.25) is 5.91 Å². The van der Waals surface area contributed by atoms with Crippen molar-refractivity contribution in [2.24, 2.45) is 11.7 Å². The van der Waals surface area contributed by atoms with Crippen molar-refractivity contribution < 1.29 is 14.7 Å². The minimum Gasteiger partial charge on any atom is -0.481 e. The van der Waals surface area contributed by atoms with E-state index in [4.69, 9.17) is 10.8 Å². The van der Waals surface area contributed by atoms with Crippen LogP contribution in [-0.4, -0.2) is 29.6 Å². The predicted octanol–water partition coefficient (Wildman–Crippen LogP) is 0.341. The Hall–Kier alpha value is -1.10. The van der Waals surface area contributed by atoms with Crippen LogP contribution in [0.25, 0.3) is 0 Å². The van der Waals surface area contributed by atoms with E-state index in [1.165, 1.54) is 0 Å². The highest BCUT2D eigenvalue weighted by Crippen LogP contribution is 2.01. The fourth-order valence-electron chi connectivity index (χ4n) is 1.10. The Kier molecular flexibility index (Phi) is 6.70. The molecule has 0 radical (unpaired) electrons. The van der Waals surface area contributed by atoms with E-state index in [9.17, 15) is 9.59 Å². The number of amides is 1. The molecule has 0 spiro atoms. The molecule has 0 aliphatic rings. The van der Waals surface area contributed by atoms with Gasteiger partial charge < -0.3 is 16.2 Å². The molecule has 0 aliphatic carbocycles. The minimum atomic E-state index is -0.877. The first kappa shape index (κ1) is 13.9. The Morgan fingerprint density at radius 2 is 1.93 bits per heavy atom. The fourth-order valence-corrected chi connectivity index (χ4v) is 1.10. The van der Waals surface area contributed by atoms with Gasteiger partial charge >= 0.3 is 5.97 Å². The smallest absolute Gasteiger partial charge is 0.308 e. The van der Waals surface area contributed by atoms with Crippen LogP contribution in [0.5, 0.6) is 0 Å². The summed E-state index contributed by atoms with van der Waals surface area (Å²) in [6, 6.07) is -0.144. The lowest BCUT2D eigenvalue weighted by atomic mass is 10.1. The summed E-state index contributed by atoms with van der Waals surface area (Å²) in [5, 5.41) is 11.3. The lowest BCUT2D eigenvalue weighted by Crippen LogP contribution is -2.36. The molecule has 0 aromatic rings. The third kappa shape index (κ3) is 6.06. The molecule has 88 valence electrons. The highest BCUT2D eigenvalue weighted by Gasteiger charge is 2.16. The van der Waals surface area contributed by atoms with Crippen molar-refractivity contribution in [1.82, 2.24) is 5.32 Å². The number of nitrogens with two attached hydrogens (primary N) is 1. The predicted molar refractivity (Wildman–Crippen MR) is 57.3 cm³/mol. The molecule has 15 heavy (non-hydrogen) atoms. The maximum absolute atomic E-state index is 11.3. The number of carbonyl (C=O) groups excluding carboxylic acids is 1. The summed E-state index contributed by atoms with van der Waals surface area (Å²) in [5.41, 5.74) is 5.60. The first-order valence-corrected chi connectivity index (χ1v) is 5.26. The van der Waals surface area contributed by atoms with E-state index in [0.29, 0.717) is 6.42 Å². The first-order valence-electron chi connectivity index (χ1n) is 5.26. The molecule has 0 heterocycles. The minimum absolute atomic E-state index is 0.144. The molecular formula is C10H20N2O3. The zero-order chi connectivity index (χ0) is 11.8. The molecule has 0 fully saturated rings. The number of rotatable bonds is 7. The Morgan fingerprint density at radius 1 is 1.33 bits per heavy atom. The molecule has 0 saturated carbocycles. The van der Waals surface area contributed by atoms with E-state index >= 15 is 0 Å². The fraction of sp³-hybridized carbons (Fsp3) is 0.800. The molecule has 5 heteroatoms. The van der Waals surface area contributed by atoms with E-state index in [2.05, 4.69) is 5.32 Å². The van der Waals surface area contributed by atoms with Crippen LogP contribution in [-0.2, 0) is 9.59 Å². The molecule has 2 atom stereocenters. The zero-order valence-corrected chi connectivity index (χ0v) is 9.32. The zero-order valence-electron chi connectivity index (χ0n) is 9.32. The molecule has 1 amide bonds. The summed E-state index contributed by atoms with van der Waals surface area (Å²) in [6.45, 7) is 3.87. The van der Waals surface area contributed by atoms with Crippen molar-refractivity contribution >= 4 is 11.9 Å². The van der Waals surface area contributed by atoms with Gasteiger partial charge in [-0.1, -0.05) is 13.8 Å². The Balaban J connectivity index is 3.83. The lowest BCUT2D eigenvalue weighted by molar-refractivity contribution is -0.141.